The highest BCUT2D eigenvalue weighted by molar-refractivity contribution is 5.93. The number of carbonyl (C=O) groups is 2. The van der Waals surface area contributed by atoms with E-state index in [9.17, 15) is 9.59 Å². The summed E-state index contributed by atoms with van der Waals surface area (Å²) in [6, 6.07) is 16.3. The molecule has 0 fully saturated rings. The Bertz CT molecular complexity index is 741. The second-order valence-corrected chi connectivity index (χ2v) is 6.65. The lowest BCUT2D eigenvalue weighted by Gasteiger charge is -2.23. The molecule has 138 valence electrons. The molecule has 0 radical (unpaired) electrons. The number of rotatable bonds is 8. The van der Waals surface area contributed by atoms with Crippen LogP contribution in [0.4, 0.5) is 5.69 Å². The van der Waals surface area contributed by atoms with Gasteiger partial charge in [0.2, 0.25) is 11.8 Å². The summed E-state index contributed by atoms with van der Waals surface area (Å²) in [6.45, 7) is 6.57. The molecule has 0 unspecified atom stereocenters. The molecule has 2 aromatic carbocycles. The van der Waals surface area contributed by atoms with Gasteiger partial charge in [0.25, 0.3) is 0 Å². The highest BCUT2D eigenvalue weighted by atomic mass is 16.2. The molecule has 26 heavy (non-hydrogen) atoms. The minimum Gasteiger partial charge on any atom is -0.356 e. The van der Waals surface area contributed by atoms with Gasteiger partial charge >= 0.3 is 0 Å². The van der Waals surface area contributed by atoms with Crippen molar-refractivity contribution in [1.29, 1.82) is 0 Å². The van der Waals surface area contributed by atoms with E-state index in [0.717, 1.165) is 29.7 Å². The Kier molecular flexibility index (Phi) is 7.39. The quantitative estimate of drug-likeness (QED) is 0.735. The molecule has 0 aliphatic heterocycles. The Hall–Kier alpha value is -2.62. The maximum absolute atomic E-state index is 12.1. The Labute approximate surface area is 156 Å². The van der Waals surface area contributed by atoms with Gasteiger partial charge in [-0.25, -0.2) is 0 Å². The Balaban J connectivity index is 1.80. The van der Waals surface area contributed by atoms with Crippen LogP contribution in [-0.4, -0.2) is 24.9 Å². The summed E-state index contributed by atoms with van der Waals surface area (Å²) in [6.07, 6.45) is 2.16. The van der Waals surface area contributed by atoms with Crippen LogP contribution in [0.5, 0.6) is 0 Å². The molecule has 1 N–H and O–H groups in total. The summed E-state index contributed by atoms with van der Waals surface area (Å²) >= 11 is 0. The lowest BCUT2D eigenvalue weighted by atomic mass is 10.1. The van der Waals surface area contributed by atoms with E-state index in [4.69, 9.17) is 0 Å². The zero-order valence-corrected chi connectivity index (χ0v) is 15.9. The molecule has 0 aliphatic carbocycles. The maximum atomic E-state index is 12.1. The molecular weight excluding hydrogens is 324 g/mol. The molecule has 0 saturated heterocycles. The fourth-order valence-electron chi connectivity index (χ4n) is 2.92. The molecule has 4 nitrogen and oxygen atoms in total. The van der Waals surface area contributed by atoms with E-state index in [-0.39, 0.29) is 11.8 Å². The molecule has 4 heteroatoms. The van der Waals surface area contributed by atoms with Crippen molar-refractivity contribution >= 4 is 17.5 Å². The van der Waals surface area contributed by atoms with Crippen LogP contribution in [0.2, 0.25) is 0 Å². The first-order valence-electron chi connectivity index (χ1n) is 9.13. The van der Waals surface area contributed by atoms with Crippen LogP contribution in [0.1, 0.15) is 36.5 Å². The smallest absolute Gasteiger partial charge is 0.223 e. The van der Waals surface area contributed by atoms with Gasteiger partial charge in [0.05, 0.1) is 0 Å². The molecule has 2 rings (SSSR count). The van der Waals surface area contributed by atoms with Crippen molar-refractivity contribution in [1.82, 2.24) is 5.32 Å². The van der Waals surface area contributed by atoms with E-state index in [0.29, 0.717) is 19.5 Å². The number of anilines is 1. The number of aryl methyl sites for hydroxylation is 3. The van der Waals surface area contributed by atoms with Crippen LogP contribution in [0, 0.1) is 13.8 Å². The van der Waals surface area contributed by atoms with Crippen LogP contribution in [0.15, 0.2) is 48.5 Å². The average Bonchev–Trinajstić information content (AvgIpc) is 2.62. The van der Waals surface area contributed by atoms with Crippen LogP contribution in [-0.2, 0) is 16.0 Å². The number of carbonyl (C=O) groups excluding carboxylic acids is 2. The van der Waals surface area contributed by atoms with E-state index in [1.54, 1.807) is 11.8 Å². The van der Waals surface area contributed by atoms with Crippen molar-refractivity contribution < 1.29 is 9.59 Å². The van der Waals surface area contributed by atoms with E-state index in [1.807, 2.05) is 50.2 Å². The predicted octanol–water partition coefficient (Wildman–Crippen LogP) is 3.80. The van der Waals surface area contributed by atoms with Gasteiger partial charge in [-0.05, 0) is 49.4 Å². The molecule has 0 atom stereocenters. The molecule has 0 spiro atoms. The Morgan fingerprint density at radius 1 is 1.04 bits per heavy atom. The first-order chi connectivity index (χ1) is 12.5. The topological polar surface area (TPSA) is 49.4 Å². The van der Waals surface area contributed by atoms with Gasteiger partial charge in [-0.1, -0.05) is 42.5 Å². The fraction of sp³-hybridized carbons (Fsp3) is 0.364. The first-order valence-corrected chi connectivity index (χ1v) is 9.13. The lowest BCUT2D eigenvalue weighted by molar-refractivity contribution is -0.121. The number of nitrogens with zero attached hydrogens (tertiary/aromatic N) is 1. The van der Waals surface area contributed by atoms with Crippen molar-refractivity contribution in [2.24, 2.45) is 0 Å². The summed E-state index contributed by atoms with van der Waals surface area (Å²) in [4.78, 5) is 25.8. The summed E-state index contributed by atoms with van der Waals surface area (Å²) in [7, 11) is 0. The first kappa shape index (κ1) is 19.7. The normalized spacial score (nSPS) is 10.4. The third-order valence-electron chi connectivity index (χ3n) is 4.41. The fourth-order valence-corrected chi connectivity index (χ4v) is 2.92. The molecule has 0 heterocycles. The molecule has 2 aromatic rings. The molecule has 0 saturated carbocycles. The zero-order chi connectivity index (χ0) is 18.9. The second kappa shape index (κ2) is 9.76. The highest BCUT2D eigenvalue weighted by Crippen LogP contribution is 2.22. The summed E-state index contributed by atoms with van der Waals surface area (Å²) in [5.74, 6) is -0.0646. The van der Waals surface area contributed by atoms with Gasteiger partial charge in [-0.3, -0.25) is 9.59 Å². The van der Waals surface area contributed by atoms with E-state index < -0.39 is 0 Å². The molecular formula is C22H28N2O2. The number of nitrogens with one attached hydrogen (secondary N) is 1. The van der Waals surface area contributed by atoms with E-state index in [2.05, 4.69) is 17.4 Å². The third kappa shape index (κ3) is 6.03. The van der Waals surface area contributed by atoms with Gasteiger partial charge in [0, 0.05) is 32.1 Å². The SMILES string of the molecule is CC(=O)N(CCC(=O)NCCCc1ccccc1)c1cc(C)ccc1C. The van der Waals surface area contributed by atoms with E-state index >= 15 is 0 Å². The standard InChI is InChI=1S/C22H28N2O2/c1-17-11-12-18(2)21(16-17)24(19(3)25)15-13-22(26)23-14-7-10-20-8-5-4-6-9-20/h4-6,8-9,11-12,16H,7,10,13-15H2,1-3H3,(H,23,26). The molecule has 2 amide bonds. The molecule has 0 bridgehead atoms. The van der Waals surface area contributed by atoms with Gasteiger partial charge < -0.3 is 10.2 Å². The van der Waals surface area contributed by atoms with Gasteiger partial charge in [0.1, 0.15) is 0 Å². The lowest BCUT2D eigenvalue weighted by Crippen LogP contribution is -2.34. The second-order valence-electron chi connectivity index (χ2n) is 6.65. The minimum atomic E-state index is -0.0458. The van der Waals surface area contributed by atoms with Crippen molar-refractivity contribution in [3.8, 4) is 0 Å². The van der Waals surface area contributed by atoms with Gasteiger partial charge in [-0.15, -0.1) is 0 Å². The van der Waals surface area contributed by atoms with Crippen molar-refractivity contribution in [3.63, 3.8) is 0 Å². The zero-order valence-electron chi connectivity index (χ0n) is 15.9. The number of amides is 2. The van der Waals surface area contributed by atoms with Crippen molar-refractivity contribution in [2.75, 3.05) is 18.0 Å². The van der Waals surface area contributed by atoms with Crippen LogP contribution in [0.25, 0.3) is 0 Å². The number of hydrogen-bond donors (Lipinski definition) is 1. The van der Waals surface area contributed by atoms with Crippen molar-refractivity contribution in [2.45, 2.75) is 40.0 Å². The minimum absolute atomic E-state index is 0.0189. The van der Waals surface area contributed by atoms with Crippen LogP contribution in [0.3, 0.4) is 0 Å². The average molecular weight is 352 g/mol. The monoisotopic (exact) mass is 352 g/mol. The van der Waals surface area contributed by atoms with Crippen LogP contribution < -0.4 is 10.2 Å². The van der Waals surface area contributed by atoms with Gasteiger partial charge in [-0.2, -0.15) is 0 Å². The number of hydrogen-bond acceptors (Lipinski definition) is 2. The maximum Gasteiger partial charge on any atom is 0.223 e. The molecule has 0 aliphatic rings. The van der Waals surface area contributed by atoms with Crippen molar-refractivity contribution in [3.05, 3.63) is 65.2 Å². The Morgan fingerprint density at radius 3 is 2.46 bits per heavy atom. The summed E-state index contributed by atoms with van der Waals surface area (Å²) in [5, 5.41) is 2.95. The highest BCUT2D eigenvalue weighted by Gasteiger charge is 2.15. The third-order valence-corrected chi connectivity index (χ3v) is 4.41. The summed E-state index contributed by atoms with van der Waals surface area (Å²) < 4.78 is 0. The van der Waals surface area contributed by atoms with Gasteiger partial charge in [0.15, 0.2) is 0 Å². The molecule has 0 aromatic heterocycles. The Morgan fingerprint density at radius 2 is 1.77 bits per heavy atom. The number of benzene rings is 2. The predicted molar refractivity (Wildman–Crippen MR) is 106 cm³/mol. The van der Waals surface area contributed by atoms with Crippen LogP contribution >= 0.6 is 0 Å². The summed E-state index contributed by atoms with van der Waals surface area (Å²) in [5.41, 5.74) is 4.30. The van der Waals surface area contributed by atoms with E-state index in [1.165, 1.54) is 5.56 Å². The largest absolute Gasteiger partial charge is 0.356 e.